The van der Waals surface area contributed by atoms with Crippen molar-refractivity contribution in [3.8, 4) is 0 Å². The molecule has 4 rings (SSSR count). The number of rotatable bonds is 3. The van der Waals surface area contributed by atoms with E-state index in [-0.39, 0.29) is 21.3 Å². The van der Waals surface area contributed by atoms with Gasteiger partial charge in [-0.25, -0.2) is 9.69 Å². The molecular formula is C19H15Cl2N3O5. The molecule has 2 saturated heterocycles. The molecule has 10 heteroatoms. The van der Waals surface area contributed by atoms with Crippen LogP contribution in [0.25, 0.3) is 6.08 Å². The summed E-state index contributed by atoms with van der Waals surface area (Å²) in [5.41, 5.74) is -0.0488. The number of anilines is 2. The number of hydrogen-bond donors (Lipinski definition) is 1. The van der Waals surface area contributed by atoms with Crippen molar-refractivity contribution in [2.75, 3.05) is 36.1 Å². The maximum Gasteiger partial charge on any atom is 0.335 e. The number of nitrogens with one attached hydrogen (secondary N) is 1. The summed E-state index contributed by atoms with van der Waals surface area (Å²) in [6, 6.07) is 6.83. The molecule has 2 aromatic rings. The third kappa shape index (κ3) is 3.87. The molecule has 1 aromatic carbocycles. The van der Waals surface area contributed by atoms with Gasteiger partial charge in [-0.3, -0.25) is 14.9 Å². The fraction of sp³-hybridized carbons (Fsp3) is 0.211. The van der Waals surface area contributed by atoms with E-state index in [0.29, 0.717) is 37.9 Å². The number of carbonyl (C=O) groups is 3. The van der Waals surface area contributed by atoms with Crippen molar-refractivity contribution in [1.29, 1.82) is 0 Å². The number of urea groups is 1. The summed E-state index contributed by atoms with van der Waals surface area (Å²) in [7, 11) is 0. The summed E-state index contributed by atoms with van der Waals surface area (Å²) < 4.78 is 11.1. The number of hydrogen-bond acceptors (Lipinski definition) is 6. The number of nitrogens with zero attached hydrogens (tertiary/aromatic N) is 2. The second-order valence-electron chi connectivity index (χ2n) is 6.33. The van der Waals surface area contributed by atoms with Gasteiger partial charge in [0, 0.05) is 19.2 Å². The molecule has 1 N–H and O–H groups in total. The Labute approximate surface area is 175 Å². The molecule has 0 bridgehead atoms. The molecule has 0 spiro atoms. The van der Waals surface area contributed by atoms with Crippen LogP contribution < -0.4 is 15.1 Å². The number of imide groups is 2. The SMILES string of the molecule is O=C1NC(=O)N(c2ccc(Cl)c(Cl)c2)C(=O)/C1=C/c1ccc(N2CCOCC2)o1. The largest absolute Gasteiger partial charge is 0.441 e. The molecular weight excluding hydrogens is 421 g/mol. The maximum absolute atomic E-state index is 12.9. The Morgan fingerprint density at radius 3 is 2.48 bits per heavy atom. The third-order valence-corrected chi connectivity index (χ3v) is 5.22. The zero-order valence-electron chi connectivity index (χ0n) is 15.0. The number of benzene rings is 1. The summed E-state index contributed by atoms with van der Waals surface area (Å²) in [6.45, 7) is 2.56. The van der Waals surface area contributed by atoms with E-state index >= 15 is 0 Å². The van der Waals surface area contributed by atoms with Gasteiger partial charge in [-0.2, -0.15) is 0 Å². The number of barbiturate groups is 1. The van der Waals surface area contributed by atoms with E-state index in [1.807, 2.05) is 4.90 Å². The predicted octanol–water partition coefficient (Wildman–Crippen LogP) is 3.09. The van der Waals surface area contributed by atoms with E-state index in [4.69, 9.17) is 32.4 Å². The Morgan fingerprint density at radius 1 is 1.00 bits per heavy atom. The summed E-state index contributed by atoms with van der Waals surface area (Å²) >= 11 is 11.9. The summed E-state index contributed by atoms with van der Waals surface area (Å²) in [6.07, 6.45) is 1.30. The predicted molar refractivity (Wildman–Crippen MR) is 107 cm³/mol. The number of halogens is 2. The Bertz CT molecular complexity index is 1030. The molecule has 0 unspecified atom stereocenters. The summed E-state index contributed by atoms with van der Waals surface area (Å²) in [5.74, 6) is -0.670. The molecule has 0 aliphatic carbocycles. The third-order valence-electron chi connectivity index (χ3n) is 4.49. The Hall–Kier alpha value is -2.81. The summed E-state index contributed by atoms with van der Waals surface area (Å²) in [4.78, 5) is 40.2. The van der Waals surface area contributed by atoms with E-state index in [0.717, 1.165) is 4.90 Å². The van der Waals surface area contributed by atoms with Gasteiger partial charge in [0.25, 0.3) is 11.8 Å². The van der Waals surface area contributed by atoms with Gasteiger partial charge in [0.05, 0.1) is 28.9 Å². The maximum atomic E-state index is 12.9. The average Bonchev–Trinajstić information content (AvgIpc) is 3.17. The minimum Gasteiger partial charge on any atom is -0.441 e. The Balaban J connectivity index is 1.63. The number of amides is 4. The van der Waals surface area contributed by atoms with Gasteiger partial charge in [-0.15, -0.1) is 0 Å². The topological polar surface area (TPSA) is 92.1 Å². The zero-order chi connectivity index (χ0) is 20.5. The lowest BCUT2D eigenvalue weighted by Crippen LogP contribution is -2.54. The highest BCUT2D eigenvalue weighted by atomic mass is 35.5. The Kier molecular flexibility index (Phi) is 5.31. The van der Waals surface area contributed by atoms with E-state index in [1.54, 1.807) is 12.1 Å². The summed E-state index contributed by atoms with van der Waals surface area (Å²) in [5, 5.41) is 2.60. The highest BCUT2D eigenvalue weighted by molar-refractivity contribution is 6.43. The van der Waals surface area contributed by atoms with Crippen LogP contribution in [0.5, 0.6) is 0 Å². The molecule has 2 aliphatic rings. The second kappa shape index (κ2) is 7.90. The standard InChI is InChI=1S/C19H15Cl2N3O5/c20-14-3-1-11(9-15(14)21)24-18(26)13(17(25)22-19(24)27)10-12-2-4-16(29-12)23-5-7-28-8-6-23/h1-4,9-10H,5-8H2,(H,22,25,27)/b13-10+. The molecule has 2 fully saturated rings. The molecule has 8 nitrogen and oxygen atoms in total. The van der Waals surface area contributed by atoms with Crippen molar-refractivity contribution >= 4 is 58.7 Å². The second-order valence-corrected chi connectivity index (χ2v) is 7.15. The van der Waals surface area contributed by atoms with Crippen molar-refractivity contribution in [1.82, 2.24) is 5.32 Å². The lowest BCUT2D eigenvalue weighted by atomic mass is 10.1. The van der Waals surface area contributed by atoms with E-state index < -0.39 is 17.8 Å². The number of furan rings is 1. The van der Waals surface area contributed by atoms with Crippen molar-refractivity contribution in [2.24, 2.45) is 0 Å². The Morgan fingerprint density at radius 2 is 1.76 bits per heavy atom. The minimum absolute atomic E-state index is 0.174. The lowest BCUT2D eigenvalue weighted by Gasteiger charge is -2.26. The van der Waals surface area contributed by atoms with Gasteiger partial charge in [0.1, 0.15) is 11.3 Å². The first-order chi connectivity index (χ1) is 13.9. The van der Waals surface area contributed by atoms with Crippen LogP contribution in [0.15, 0.2) is 40.3 Å². The fourth-order valence-electron chi connectivity index (χ4n) is 3.03. The smallest absolute Gasteiger partial charge is 0.335 e. The molecule has 29 heavy (non-hydrogen) atoms. The zero-order valence-corrected chi connectivity index (χ0v) is 16.5. The molecule has 0 saturated carbocycles. The minimum atomic E-state index is -0.871. The quantitative estimate of drug-likeness (QED) is 0.588. The molecule has 2 aliphatic heterocycles. The lowest BCUT2D eigenvalue weighted by molar-refractivity contribution is -0.122. The van der Waals surface area contributed by atoms with Crippen LogP contribution in [0.4, 0.5) is 16.4 Å². The van der Waals surface area contributed by atoms with Crippen molar-refractivity contribution in [3.63, 3.8) is 0 Å². The van der Waals surface area contributed by atoms with Crippen LogP contribution in [-0.2, 0) is 14.3 Å². The highest BCUT2D eigenvalue weighted by Gasteiger charge is 2.37. The average molecular weight is 436 g/mol. The van der Waals surface area contributed by atoms with E-state index in [2.05, 4.69) is 5.32 Å². The van der Waals surface area contributed by atoms with Crippen LogP contribution in [0, 0.1) is 0 Å². The van der Waals surface area contributed by atoms with Gasteiger partial charge >= 0.3 is 6.03 Å². The van der Waals surface area contributed by atoms with Gasteiger partial charge in [-0.05, 0) is 30.3 Å². The molecule has 3 heterocycles. The number of ether oxygens (including phenoxy) is 1. The molecule has 1 aromatic heterocycles. The monoisotopic (exact) mass is 435 g/mol. The van der Waals surface area contributed by atoms with Crippen LogP contribution in [0.2, 0.25) is 10.0 Å². The number of carbonyl (C=O) groups excluding carboxylic acids is 3. The van der Waals surface area contributed by atoms with Crippen LogP contribution in [0.1, 0.15) is 5.76 Å². The molecule has 4 amide bonds. The van der Waals surface area contributed by atoms with Crippen molar-refractivity contribution < 1.29 is 23.5 Å². The van der Waals surface area contributed by atoms with Gasteiger partial charge < -0.3 is 14.1 Å². The first-order valence-corrected chi connectivity index (χ1v) is 9.48. The van der Waals surface area contributed by atoms with Crippen LogP contribution in [0.3, 0.4) is 0 Å². The number of morpholine rings is 1. The fourth-order valence-corrected chi connectivity index (χ4v) is 3.32. The highest BCUT2D eigenvalue weighted by Crippen LogP contribution is 2.30. The molecule has 150 valence electrons. The van der Waals surface area contributed by atoms with Gasteiger partial charge in [-0.1, -0.05) is 23.2 Å². The molecule has 0 radical (unpaired) electrons. The van der Waals surface area contributed by atoms with E-state index in [1.165, 1.54) is 24.3 Å². The van der Waals surface area contributed by atoms with Gasteiger partial charge in [0.2, 0.25) is 0 Å². The first-order valence-electron chi connectivity index (χ1n) is 8.73. The van der Waals surface area contributed by atoms with Gasteiger partial charge in [0.15, 0.2) is 5.88 Å². The van der Waals surface area contributed by atoms with Crippen molar-refractivity contribution in [2.45, 2.75) is 0 Å². The first kappa shape index (κ1) is 19.5. The van der Waals surface area contributed by atoms with Crippen molar-refractivity contribution in [3.05, 3.63) is 51.7 Å². The van der Waals surface area contributed by atoms with Crippen LogP contribution in [-0.4, -0.2) is 44.1 Å². The van der Waals surface area contributed by atoms with Crippen LogP contribution >= 0.6 is 23.2 Å². The molecule has 0 atom stereocenters. The van der Waals surface area contributed by atoms with E-state index in [9.17, 15) is 14.4 Å². The normalized spacial score (nSPS) is 19.1.